The van der Waals surface area contributed by atoms with Crippen molar-refractivity contribution >= 4 is 17.8 Å². The van der Waals surface area contributed by atoms with Crippen LogP contribution >= 0.6 is 0 Å². The van der Waals surface area contributed by atoms with Crippen molar-refractivity contribution in [1.82, 2.24) is 4.90 Å². The Morgan fingerprint density at radius 2 is 1.76 bits per heavy atom. The summed E-state index contributed by atoms with van der Waals surface area (Å²) in [5.74, 6) is -1.24. The highest BCUT2D eigenvalue weighted by Gasteiger charge is 2.28. The third kappa shape index (κ3) is 5.29. The largest absolute Gasteiger partial charge is 0.466 e. The molecule has 1 amide bonds. The molecule has 0 unspecified atom stereocenters. The number of carbonyl (C=O) groups excluding carboxylic acids is 3. The number of likely N-dealkylation sites (tertiary alicyclic amines) is 1. The van der Waals surface area contributed by atoms with Crippen molar-refractivity contribution in [3.63, 3.8) is 0 Å². The van der Waals surface area contributed by atoms with Crippen molar-refractivity contribution in [1.29, 1.82) is 0 Å². The fraction of sp³-hybridized carbons (Fsp3) is 0.500. The number of benzene rings is 1. The number of ether oxygens (including phenoxy) is 2. The first-order valence-electron chi connectivity index (χ1n) is 8.36. The number of piperidine rings is 1. The van der Waals surface area contributed by atoms with E-state index in [1.807, 2.05) is 0 Å². The van der Waals surface area contributed by atoms with Crippen LogP contribution in [0.15, 0.2) is 24.3 Å². The predicted octanol–water partition coefficient (Wildman–Crippen LogP) is 1.14. The van der Waals surface area contributed by atoms with Crippen LogP contribution in [0.2, 0.25) is 0 Å². The lowest BCUT2D eigenvalue weighted by Crippen LogP contribution is -2.42. The predicted molar refractivity (Wildman–Crippen MR) is 88.6 cm³/mol. The molecule has 0 spiro atoms. The first kappa shape index (κ1) is 18.9. The van der Waals surface area contributed by atoms with Gasteiger partial charge in [-0.05, 0) is 37.5 Å². The number of carbonyl (C=O) groups is 3. The van der Waals surface area contributed by atoms with Gasteiger partial charge in [-0.1, -0.05) is 12.1 Å². The van der Waals surface area contributed by atoms with Gasteiger partial charge in [0.2, 0.25) is 0 Å². The van der Waals surface area contributed by atoms with Gasteiger partial charge >= 0.3 is 11.9 Å². The molecule has 1 aliphatic heterocycles. The minimum absolute atomic E-state index is 0.102. The van der Waals surface area contributed by atoms with Crippen molar-refractivity contribution in [2.45, 2.75) is 26.4 Å². The van der Waals surface area contributed by atoms with E-state index in [0.717, 1.165) is 0 Å². The molecule has 1 aromatic rings. The maximum atomic E-state index is 12.1. The van der Waals surface area contributed by atoms with Crippen molar-refractivity contribution in [2.24, 2.45) is 5.92 Å². The lowest BCUT2D eigenvalue weighted by molar-refractivity contribution is -0.151. The minimum Gasteiger partial charge on any atom is -0.466 e. The molecule has 1 fully saturated rings. The summed E-state index contributed by atoms with van der Waals surface area (Å²) in [6.07, 6.45) is 1.11. The normalized spacial score (nSPS) is 14.9. The quantitative estimate of drug-likeness (QED) is 0.774. The Labute approximate surface area is 146 Å². The Hall–Kier alpha value is -2.41. The smallest absolute Gasteiger partial charge is 0.338 e. The summed E-state index contributed by atoms with van der Waals surface area (Å²) in [6, 6.07) is 6.34. The Bertz CT molecular complexity index is 604. The minimum atomic E-state index is -0.584. The molecular formula is C18H23NO6. The molecule has 1 saturated heterocycles. The first-order chi connectivity index (χ1) is 12.0. The average molecular weight is 349 g/mol. The highest BCUT2D eigenvalue weighted by Crippen LogP contribution is 2.19. The number of aliphatic hydroxyl groups excluding tert-OH is 1. The van der Waals surface area contributed by atoms with Crippen LogP contribution in [0.3, 0.4) is 0 Å². The second-order valence-corrected chi connectivity index (χ2v) is 5.84. The highest BCUT2D eigenvalue weighted by atomic mass is 16.5. The molecule has 7 nitrogen and oxygen atoms in total. The second kappa shape index (κ2) is 9.17. The van der Waals surface area contributed by atoms with E-state index in [0.29, 0.717) is 43.7 Å². The third-order valence-corrected chi connectivity index (χ3v) is 4.17. The van der Waals surface area contributed by atoms with Crippen LogP contribution in [0.5, 0.6) is 0 Å². The summed E-state index contributed by atoms with van der Waals surface area (Å²) < 4.78 is 10.0. The van der Waals surface area contributed by atoms with E-state index in [1.54, 1.807) is 36.1 Å². The number of hydrogen-bond donors (Lipinski definition) is 1. The van der Waals surface area contributed by atoms with Gasteiger partial charge in [0.15, 0.2) is 6.61 Å². The van der Waals surface area contributed by atoms with E-state index in [4.69, 9.17) is 14.6 Å². The van der Waals surface area contributed by atoms with Crippen molar-refractivity contribution in [3.05, 3.63) is 35.4 Å². The van der Waals surface area contributed by atoms with Gasteiger partial charge in [-0.15, -0.1) is 0 Å². The number of rotatable bonds is 6. The zero-order valence-corrected chi connectivity index (χ0v) is 14.3. The summed E-state index contributed by atoms with van der Waals surface area (Å²) in [7, 11) is 0. The van der Waals surface area contributed by atoms with Crippen LogP contribution in [0.1, 0.15) is 35.7 Å². The molecular weight excluding hydrogens is 326 g/mol. The molecule has 2 rings (SSSR count). The van der Waals surface area contributed by atoms with Crippen molar-refractivity contribution in [3.8, 4) is 0 Å². The van der Waals surface area contributed by atoms with Crippen molar-refractivity contribution in [2.75, 3.05) is 26.3 Å². The van der Waals surface area contributed by atoms with Gasteiger partial charge in [0.1, 0.15) is 0 Å². The highest BCUT2D eigenvalue weighted by molar-refractivity contribution is 5.91. The zero-order valence-electron chi connectivity index (χ0n) is 14.3. The molecule has 0 saturated carbocycles. The van der Waals surface area contributed by atoms with Crippen LogP contribution in [0.4, 0.5) is 0 Å². The summed E-state index contributed by atoms with van der Waals surface area (Å²) in [5.41, 5.74) is 1.02. The third-order valence-electron chi connectivity index (χ3n) is 4.17. The maximum Gasteiger partial charge on any atom is 0.338 e. The van der Waals surface area contributed by atoms with E-state index in [2.05, 4.69) is 0 Å². The monoisotopic (exact) mass is 349 g/mol. The standard InChI is InChI=1S/C18H23NO6/c1-2-24-17(22)15-7-9-19(10-8-15)16(21)12-25-18(23)14-5-3-13(11-20)4-6-14/h3-6,15,20H,2,7-12H2,1H3. The van der Waals surface area contributed by atoms with Crippen LogP contribution in [-0.4, -0.2) is 54.2 Å². The number of nitrogens with zero attached hydrogens (tertiary/aromatic N) is 1. The van der Waals surface area contributed by atoms with E-state index >= 15 is 0 Å². The van der Waals surface area contributed by atoms with E-state index in [1.165, 1.54) is 0 Å². The number of aliphatic hydroxyl groups is 1. The Morgan fingerprint density at radius 3 is 2.32 bits per heavy atom. The fourth-order valence-electron chi connectivity index (χ4n) is 2.67. The maximum absolute atomic E-state index is 12.1. The Morgan fingerprint density at radius 1 is 1.12 bits per heavy atom. The molecule has 0 atom stereocenters. The molecule has 7 heteroatoms. The van der Waals surface area contributed by atoms with Crippen molar-refractivity contribution < 1.29 is 29.0 Å². The van der Waals surface area contributed by atoms with Gasteiger partial charge in [0.05, 0.1) is 24.7 Å². The first-order valence-corrected chi connectivity index (χ1v) is 8.36. The number of hydrogen-bond acceptors (Lipinski definition) is 6. The zero-order chi connectivity index (χ0) is 18.2. The van der Waals surface area contributed by atoms with Crippen LogP contribution in [0, 0.1) is 5.92 Å². The molecule has 1 aliphatic rings. The molecule has 1 N–H and O–H groups in total. The van der Waals surface area contributed by atoms with Gasteiger partial charge in [0, 0.05) is 13.1 Å². The molecule has 0 aromatic heterocycles. The summed E-state index contributed by atoms with van der Waals surface area (Å²) in [6.45, 7) is 2.59. The molecule has 0 aliphatic carbocycles. The molecule has 1 heterocycles. The molecule has 0 bridgehead atoms. The van der Waals surface area contributed by atoms with Crippen LogP contribution in [0.25, 0.3) is 0 Å². The SMILES string of the molecule is CCOC(=O)C1CCN(C(=O)COC(=O)c2ccc(CO)cc2)CC1. The van der Waals surface area contributed by atoms with Gasteiger partial charge in [-0.25, -0.2) is 4.79 Å². The molecule has 136 valence electrons. The Balaban J connectivity index is 1.77. The molecule has 0 radical (unpaired) electrons. The summed E-state index contributed by atoms with van der Waals surface area (Å²) in [4.78, 5) is 37.3. The average Bonchev–Trinajstić information content (AvgIpc) is 2.66. The van der Waals surface area contributed by atoms with Crippen LogP contribution in [-0.2, 0) is 25.7 Å². The summed E-state index contributed by atoms with van der Waals surface area (Å²) in [5, 5.41) is 8.98. The lowest BCUT2D eigenvalue weighted by Gasteiger charge is -2.30. The topological polar surface area (TPSA) is 93.1 Å². The molecule has 25 heavy (non-hydrogen) atoms. The van der Waals surface area contributed by atoms with E-state index in [9.17, 15) is 14.4 Å². The van der Waals surface area contributed by atoms with Crippen LogP contribution < -0.4 is 0 Å². The lowest BCUT2D eigenvalue weighted by atomic mass is 9.97. The van der Waals surface area contributed by atoms with Gasteiger partial charge in [0.25, 0.3) is 5.91 Å². The summed E-state index contributed by atoms with van der Waals surface area (Å²) >= 11 is 0. The van der Waals surface area contributed by atoms with Gasteiger partial charge in [-0.3, -0.25) is 9.59 Å². The van der Waals surface area contributed by atoms with E-state index < -0.39 is 5.97 Å². The fourth-order valence-corrected chi connectivity index (χ4v) is 2.67. The molecule has 1 aromatic carbocycles. The Kier molecular flexibility index (Phi) is 6.94. The van der Waals surface area contributed by atoms with E-state index in [-0.39, 0.29) is 31.0 Å². The second-order valence-electron chi connectivity index (χ2n) is 5.84. The van der Waals surface area contributed by atoms with Gasteiger partial charge in [-0.2, -0.15) is 0 Å². The van der Waals surface area contributed by atoms with Gasteiger partial charge < -0.3 is 19.5 Å². The number of amides is 1. The number of esters is 2.